The van der Waals surface area contributed by atoms with Crippen molar-refractivity contribution in [1.82, 2.24) is 14.9 Å². The molecule has 0 bridgehead atoms. The van der Waals surface area contributed by atoms with E-state index in [1.165, 1.54) is 0 Å². The number of aryl methyl sites for hydroxylation is 2. The number of nitrogens with zero attached hydrogens (tertiary/aromatic N) is 4. The van der Waals surface area contributed by atoms with Gasteiger partial charge in [-0.3, -0.25) is 4.79 Å². The van der Waals surface area contributed by atoms with Gasteiger partial charge in [0.2, 0.25) is 0 Å². The summed E-state index contributed by atoms with van der Waals surface area (Å²) in [4.78, 5) is 26.5. The second kappa shape index (κ2) is 8.66. The number of anilines is 1. The van der Waals surface area contributed by atoms with Crippen molar-refractivity contribution in [2.45, 2.75) is 27.2 Å². The summed E-state index contributed by atoms with van der Waals surface area (Å²) in [5.41, 5.74) is 5.17. The van der Waals surface area contributed by atoms with Crippen molar-refractivity contribution in [3.05, 3.63) is 77.2 Å². The SMILES string of the molecule is Cc1nc(C)c(C)c(N2CCCN(C(=O)c3ccc(-c4ccccc4)cc3)CC2)n1. The molecule has 1 fully saturated rings. The van der Waals surface area contributed by atoms with Crippen LogP contribution in [0.5, 0.6) is 0 Å². The highest BCUT2D eigenvalue weighted by Gasteiger charge is 2.22. The fourth-order valence-electron chi connectivity index (χ4n) is 4.01. The Balaban J connectivity index is 1.46. The van der Waals surface area contributed by atoms with Crippen molar-refractivity contribution in [1.29, 1.82) is 0 Å². The van der Waals surface area contributed by atoms with Gasteiger partial charge in [-0.05, 0) is 50.5 Å². The molecule has 5 nitrogen and oxygen atoms in total. The van der Waals surface area contributed by atoms with Crippen LogP contribution in [-0.2, 0) is 0 Å². The van der Waals surface area contributed by atoms with Crippen molar-refractivity contribution in [3.63, 3.8) is 0 Å². The molecule has 2 heterocycles. The van der Waals surface area contributed by atoms with Gasteiger partial charge in [-0.2, -0.15) is 0 Å². The quantitative estimate of drug-likeness (QED) is 0.653. The topological polar surface area (TPSA) is 49.3 Å². The summed E-state index contributed by atoms with van der Waals surface area (Å²) in [7, 11) is 0. The average Bonchev–Trinajstić information content (AvgIpc) is 3.03. The maximum absolute atomic E-state index is 13.1. The Morgan fingerprint density at radius 2 is 1.50 bits per heavy atom. The Morgan fingerprint density at radius 3 is 2.23 bits per heavy atom. The minimum Gasteiger partial charge on any atom is -0.354 e. The number of aromatic nitrogens is 2. The summed E-state index contributed by atoms with van der Waals surface area (Å²) in [5, 5.41) is 0. The fraction of sp³-hybridized carbons (Fsp3) is 0.320. The normalized spacial score (nSPS) is 14.5. The number of benzene rings is 2. The molecule has 0 unspecified atom stereocenters. The molecular formula is C25H28N4O. The Hall–Kier alpha value is -3.21. The molecule has 0 N–H and O–H groups in total. The van der Waals surface area contributed by atoms with Crippen LogP contribution >= 0.6 is 0 Å². The Labute approximate surface area is 178 Å². The first kappa shape index (κ1) is 20.1. The zero-order valence-electron chi connectivity index (χ0n) is 17.9. The molecule has 0 spiro atoms. The Bertz CT molecular complexity index is 1030. The number of carbonyl (C=O) groups is 1. The van der Waals surface area contributed by atoms with Crippen molar-refractivity contribution >= 4 is 11.7 Å². The third kappa shape index (κ3) is 4.20. The van der Waals surface area contributed by atoms with E-state index in [1.54, 1.807) is 0 Å². The van der Waals surface area contributed by atoms with Crippen LogP contribution in [0.2, 0.25) is 0 Å². The number of rotatable bonds is 3. The second-order valence-electron chi connectivity index (χ2n) is 7.88. The second-order valence-corrected chi connectivity index (χ2v) is 7.88. The van der Waals surface area contributed by atoms with E-state index in [0.29, 0.717) is 6.54 Å². The Kier molecular flexibility index (Phi) is 5.79. The summed E-state index contributed by atoms with van der Waals surface area (Å²) in [6.45, 7) is 9.17. The molecule has 30 heavy (non-hydrogen) atoms. The summed E-state index contributed by atoms with van der Waals surface area (Å²) in [5.74, 6) is 1.90. The first-order valence-corrected chi connectivity index (χ1v) is 10.5. The smallest absolute Gasteiger partial charge is 0.253 e. The van der Waals surface area contributed by atoms with Crippen molar-refractivity contribution in [2.75, 3.05) is 31.1 Å². The first-order chi connectivity index (χ1) is 14.5. The summed E-state index contributed by atoms with van der Waals surface area (Å²) in [6, 6.07) is 18.2. The van der Waals surface area contributed by atoms with Crippen LogP contribution in [-0.4, -0.2) is 47.0 Å². The van der Waals surface area contributed by atoms with Crippen LogP contribution in [0, 0.1) is 20.8 Å². The molecule has 1 aromatic heterocycles. The van der Waals surface area contributed by atoms with Gasteiger partial charge >= 0.3 is 0 Å². The molecule has 0 radical (unpaired) electrons. The molecule has 5 heteroatoms. The number of hydrogen-bond acceptors (Lipinski definition) is 4. The van der Waals surface area contributed by atoms with E-state index in [1.807, 2.05) is 61.2 Å². The molecule has 3 aromatic rings. The third-order valence-electron chi connectivity index (χ3n) is 5.80. The van der Waals surface area contributed by atoms with E-state index in [0.717, 1.165) is 65.6 Å². The van der Waals surface area contributed by atoms with Gasteiger partial charge in [0.05, 0.1) is 0 Å². The summed E-state index contributed by atoms with van der Waals surface area (Å²) < 4.78 is 0. The minimum atomic E-state index is 0.100. The molecule has 0 aliphatic carbocycles. The van der Waals surface area contributed by atoms with Crippen LogP contribution in [0.3, 0.4) is 0 Å². The van der Waals surface area contributed by atoms with E-state index in [-0.39, 0.29) is 5.91 Å². The Morgan fingerprint density at radius 1 is 0.800 bits per heavy atom. The van der Waals surface area contributed by atoms with Gasteiger partial charge in [-0.15, -0.1) is 0 Å². The van der Waals surface area contributed by atoms with Gasteiger partial charge in [0, 0.05) is 43.0 Å². The molecule has 1 aliphatic rings. The van der Waals surface area contributed by atoms with Gasteiger partial charge in [0.15, 0.2) is 0 Å². The highest BCUT2D eigenvalue weighted by molar-refractivity contribution is 5.94. The van der Waals surface area contributed by atoms with E-state index in [4.69, 9.17) is 0 Å². The van der Waals surface area contributed by atoms with Crippen molar-refractivity contribution < 1.29 is 4.79 Å². The maximum atomic E-state index is 13.1. The highest BCUT2D eigenvalue weighted by Crippen LogP contribution is 2.23. The van der Waals surface area contributed by atoms with E-state index in [2.05, 4.69) is 33.9 Å². The highest BCUT2D eigenvalue weighted by atomic mass is 16.2. The lowest BCUT2D eigenvalue weighted by molar-refractivity contribution is 0.0767. The molecule has 1 aliphatic heterocycles. The molecule has 2 aromatic carbocycles. The van der Waals surface area contributed by atoms with Crippen LogP contribution in [0.1, 0.15) is 33.9 Å². The van der Waals surface area contributed by atoms with Crippen LogP contribution < -0.4 is 4.90 Å². The predicted octanol–water partition coefficient (Wildman–Crippen LogP) is 4.42. The average molecular weight is 401 g/mol. The minimum absolute atomic E-state index is 0.100. The summed E-state index contributed by atoms with van der Waals surface area (Å²) >= 11 is 0. The lowest BCUT2D eigenvalue weighted by atomic mass is 10.0. The monoisotopic (exact) mass is 400 g/mol. The first-order valence-electron chi connectivity index (χ1n) is 10.5. The third-order valence-corrected chi connectivity index (χ3v) is 5.80. The van der Waals surface area contributed by atoms with Crippen molar-refractivity contribution in [2.24, 2.45) is 0 Å². The molecule has 4 rings (SSSR count). The van der Waals surface area contributed by atoms with Crippen LogP contribution in [0.25, 0.3) is 11.1 Å². The van der Waals surface area contributed by atoms with E-state index >= 15 is 0 Å². The molecule has 0 atom stereocenters. The van der Waals surface area contributed by atoms with E-state index < -0.39 is 0 Å². The van der Waals surface area contributed by atoms with Gasteiger partial charge in [-0.25, -0.2) is 9.97 Å². The number of carbonyl (C=O) groups excluding carboxylic acids is 1. The van der Waals surface area contributed by atoms with Gasteiger partial charge in [0.1, 0.15) is 11.6 Å². The largest absolute Gasteiger partial charge is 0.354 e. The van der Waals surface area contributed by atoms with Gasteiger partial charge < -0.3 is 9.80 Å². The zero-order valence-corrected chi connectivity index (χ0v) is 17.9. The lowest BCUT2D eigenvalue weighted by Crippen LogP contribution is -2.35. The molecule has 154 valence electrons. The van der Waals surface area contributed by atoms with Gasteiger partial charge in [0.25, 0.3) is 5.91 Å². The molecule has 1 amide bonds. The number of hydrogen-bond donors (Lipinski definition) is 0. The predicted molar refractivity (Wildman–Crippen MR) is 121 cm³/mol. The molecule has 1 saturated heterocycles. The maximum Gasteiger partial charge on any atom is 0.253 e. The van der Waals surface area contributed by atoms with Crippen LogP contribution in [0.4, 0.5) is 5.82 Å². The van der Waals surface area contributed by atoms with Crippen molar-refractivity contribution in [3.8, 4) is 11.1 Å². The molecule has 0 saturated carbocycles. The summed E-state index contributed by atoms with van der Waals surface area (Å²) in [6.07, 6.45) is 0.926. The van der Waals surface area contributed by atoms with E-state index in [9.17, 15) is 4.79 Å². The lowest BCUT2D eigenvalue weighted by Gasteiger charge is -2.25. The number of amides is 1. The van der Waals surface area contributed by atoms with Gasteiger partial charge in [-0.1, -0.05) is 42.5 Å². The molecular weight excluding hydrogens is 372 g/mol. The fourth-order valence-corrected chi connectivity index (χ4v) is 4.01. The van der Waals surface area contributed by atoms with Crippen LogP contribution in [0.15, 0.2) is 54.6 Å². The zero-order chi connectivity index (χ0) is 21.1. The standard InChI is InChI=1S/C25H28N4O/c1-18-19(2)26-20(3)27-24(18)28-14-7-15-29(17-16-28)25(30)23-12-10-22(11-13-23)21-8-5-4-6-9-21/h4-6,8-13H,7,14-17H2,1-3H3.